The number of fused-ring (bicyclic) bond motifs is 6. The molecule has 2 nitrogen and oxygen atoms in total. The highest BCUT2D eigenvalue weighted by molar-refractivity contribution is 6.22. The molecule has 2 heterocycles. The normalized spacial score (nSPS) is 12.1. The maximum absolute atomic E-state index is 6.98. The van der Waals surface area contributed by atoms with Crippen LogP contribution in [-0.2, 0) is 6.42 Å². The van der Waals surface area contributed by atoms with Crippen LogP contribution >= 0.6 is 0 Å². The van der Waals surface area contributed by atoms with Crippen molar-refractivity contribution >= 4 is 59.9 Å². The number of allylic oxidation sites excluding steroid dienone is 1. The molecular weight excluding hydrogens is 715 g/mol. The summed E-state index contributed by atoms with van der Waals surface area (Å²) in [5, 5.41) is 8.59. The Hall–Kier alpha value is -7.42. The maximum Gasteiger partial charge on any atom is 0.142 e. The van der Waals surface area contributed by atoms with Gasteiger partial charge in [0.15, 0.2) is 0 Å². The fourth-order valence-electron chi connectivity index (χ4n) is 9.57. The van der Waals surface area contributed by atoms with E-state index in [1.54, 1.807) is 0 Å². The van der Waals surface area contributed by atoms with E-state index in [0.29, 0.717) is 0 Å². The molecule has 280 valence electrons. The lowest BCUT2D eigenvalue weighted by Crippen LogP contribution is -1.97. The summed E-state index contributed by atoms with van der Waals surface area (Å²) < 4.78 is 9.44. The predicted molar refractivity (Wildman–Crippen MR) is 250 cm³/mol. The summed E-state index contributed by atoms with van der Waals surface area (Å²) in [5.74, 6) is 0.939. The van der Waals surface area contributed by atoms with Crippen molar-refractivity contribution in [1.29, 1.82) is 0 Å². The standard InChI is InChI=1S/C57H41NO/c1-3-42(56-43(4-2)50-29-18-28-44(57(50)59-56)37-19-8-5-9-20-37)40-31-33-46-45-25-16-17-30-52(45)58(53(46)35-40)41-32-34-49-51(36-41)55(39-23-12-7-13-24-39)48-27-15-14-26-47(48)54(49)38-21-10-6-11-22-38/h3,5-36H,4H2,1-2H3/b42-3-. The van der Waals surface area contributed by atoms with E-state index in [4.69, 9.17) is 4.42 Å². The Morgan fingerprint density at radius 1 is 0.475 bits per heavy atom. The molecule has 0 aliphatic carbocycles. The molecule has 11 aromatic rings. The number of nitrogens with zero attached hydrogens (tertiary/aromatic N) is 1. The molecule has 59 heavy (non-hydrogen) atoms. The number of hydrogen-bond acceptors (Lipinski definition) is 1. The summed E-state index contributed by atoms with van der Waals surface area (Å²) in [5.41, 5.74) is 15.1. The third-order valence-electron chi connectivity index (χ3n) is 12.2. The zero-order valence-corrected chi connectivity index (χ0v) is 33.1. The van der Waals surface area contributed by atoms with Crippen LogP contribution in [0.2, 0.25) is 0 Å². The predicted octanol–water partition coefficient (Wildman–Crippen LogP) is 15.9. The zero-order valence-electron chi connectivity index (χ0n) is 33.1. The summed E-state index contributed by atoms with van der Waals surface area (Å²) in [6, 6.07) is 70.5. The van der Waals surface area contributed by atoms with Crippen LogP contribution in [0.25, 0.3) is 99.0 Å². The van der Waals surface area contributed by atoms with Crippen molar-refractivity contribution in [2.24, 2.45) is 0 Å². The van der Waals surface area contributed by atoms with Gasteiger partial charge >= 0.3 is 0 Å². The maximum atomic E-state index is 6.98. The van der Waals surface area contributed by atoms with E-state index in [9.17, 15) is 0 Å². The van der Waals surface area contributed by atoms with Crippen molar-refractivity contribution in [3.63, 3.8) is 0 Å². The Morgan fingerprint density at radius 2 is 1.02 bits per heavy atom. The number of benzene rings is 9. The second-order valence-electron chi connectivity index (χ2n) is 15.4. The van der Waals surface area contributed by atoms with E-state index in [1.165, 1.54) is 71.0 Å². The minimum atomic E-state index is 0.862. The molecule has 0 aliphatic rings. The number of rotatable bonds is 7. The largest absolute Gasteiger partial charge is 0.455 e. The number of aryl methyl sites for hydroxylation is 1. The summed E-state index contributed by atoms with van der Waals surface area (Å²) in [7, 11) is 0. The number of aromatic nitrogens is 1. The fourth-order valence-corrected chi connectivity index (χ4v) is 9.57. The zero-order chi connectivity index (χ0) is 39.5. The number of para-hydroxylation sites is 2. The van der Waals surface area contributed by atoms with Crippen LogP contribution in [-0.4, -0.2) is 4.57 Å². The molecule has 0 unspecified atom stereocenters. The van der Waals surface area contributed by atoms with Crippen molar-refractivity contribution in [2.45, 2.75) is 20.3 Å². The SMILES string of the molecule is C/C=C(/c1ccc2c3ccccc3n(-c3ccc4c(-c5ccccc5)c5ccccc5c(-c5ccccc5)c4c3)c2c1)c1oc2c(-c3ccccc3)cccc2c1CC. The quantitative estimate of drug-likeness (QED) is 0.148. The van der Waals surface area contributed by atoms with Gasteiger partial charge in [-0.15, -0.1) is 0 Å². The Kier molecular flexibility index (Phi) is 8.37. The van der Waals surface area contributed by atoms with Crippen LogP contribution in [0, 0.1) is 0 Å². The Morgan fingerprint density at radius 3 is 1.68 bits per heavy atom. The van der Waals surface area contributed by atoms with Crippen molar-refractivity contribution in [2.75, 3.05) is 0 Å². The third kappa shape index (κ3) is 5.56. The smallest absolute Gasteiger partial charge is 0.142 e. The molecule has 0 radical (unpaired) electrons. The molecule has 0 saturated carbocycles. The molecule has 2 aromatic heterocycles. The Balaban J connectivity index is 1.16. The first-order chi connectivity index (χ1) is 29.2. The Labute approximate surface area is 343 Å². The van der Waals surface area contributed by atoms with Gasteiger partial charge in [0.25, 0.3) is 0 Å². The molecular formula is C57H41NO. The van der Waals surface area contributed by atoms with Gasteiger partial charge in [-0.1, -0.05) is 183 Å². The molecule has 2 heteroatoms. The second-order valence-corrected chi connectivity index (χ2v) is 15.4. The van der Waals surface area contributed by atoms with E-state index in [0.717, 1.165) is 51.2 Å². The average molecular weight is 756 g/mol. The van der Waals surface area contributed by atoms with Crippen LogP contribution in [0.1, 0.15) is 30.7 Å². The van der Waals surface area contributed by atoms with Gasteiger partial charge in [-0.2, -0.15) is 0 Å². The highest BCUT2D eigenvalue weighted by Crippen LogP contribution is 2.46. The van der Waals surface area contributed by atoms with Crippen molar-refractivity contribution in [3.8, 4) is 39.1 Å². The van der Waals surface area contributed by atoms with E-state index >= 15 is 0 Å². The molecule has 9 aromatic carbocycles. The lowest BCUT2D eigenvalue weighted by molar-refractivity contribution is 0.596. The van der Waals surface area contributed by atoms with Crippen LogP contribution in [0.4, 0.5) is 0 Å². The molecule has 0 aliphatic heterocycles. The topological polar surface area (TPSA) is 18.1 Å². The lowest BCUT2D eigenvalue weighted by Gasteiger charge is -2.19. The van der Waals surface area contributed by atoms with Crippen molar-refractivity contribution < 1.29 is 4.42 Å². The van der Waals surface area contributed by atoms with Gasteiger partial charge in [0.05, 0.1) is 11.0 Å². The summed E-state index contributed by atoms with van der Waals surface area (Å²) >= 11 is 0. The van der Waals surface area contributed by atoms with Crippen LogP contribution in [0.5, 0.6) is 0 Å². The van der Waals surface area contributed by atoms with Gasteiger partial charge in [-0.25, -0.2) is 0 Å². The average Bonchev–Trinajstić information content (AvgIpc) is 3.84. The number of furan rings is 1. The molecule has 11 rings (SSSR count). The molecule has 0 fully saturated rings. The summed E-state index contributed by atoms with van der Waals surface area (Å²) in [6.45, 7) is 4.36. The van der Waals surface area contributed by atoms with Crippen molar-refractivity contribution in [3.05, 3.63) is 217 Å². The summed E-state index contributed by atoms with van der Waals surface area (Å²) in [6.07, 6.45) is 3.08. The van der Waals surface area contributed by atoms with E-state index in [-0.39, 0.29) is 0 Å². The van der Waals surface area contributed by atoms with E-state index in [1.807, 2.05) is 0 Å². The molecule has 0 amide bonds. The fraction of sp³-hybridized carbons (Fsp3) is 0.0526. The highest BCUT2D eigenvalue weighted by atomic mass is 16.3. The first-order valence-electron chi connectivity index (χ1n) is 20.6. The molecule has 0 atom stereocenters. The van der Waals surface area contributed by atoms with E-state index in [2.05, 4.69) is 219 Å². The minimum Gasteiger partial charge on any atom is -0.455 e. The first kappa shape index (κ1) is 34.8. The van der Waals surface area contributed by atoms with Gasteiger partial charge < -0.3 is 8.98 Å². The van der Waals surface area contributed by atoms with Crippen LogP contribution in [0.15, 0.2) is 205 Å². The first-order valence-corrected chi connectivity index (χ1v) is 20.6. The van der Waals surface area contributed by atoms with Gasteiger partial charge in [0.1, 0.15) is 11.3 Å². The monoisotopic (exact) mass is 755 g/mol. The molecule has 0 spiro atoms. The highest BCUT2D eigenvalue weighted by Gasteiger charge is 2.23. The van der Waals surface area contributed by atoms with Crippen LogP contribution < -0.4 is 0 Å². The van der Waals surface area contributed by atoms with E-state index < -0.39 is 0 Å². The lowest BCUT2D eigenvalue weighted by atomic mass is 9.86. The van der Waals surface area contributed by atoms with Gasteiger partial charge in [0, 0.05) is 38.5 Å². The van der Waals surface area contributed by atoms with Gasteiger partial charge in [-0.3, -0.25) is 0 Å². The Bertz CT molecular complexity index is 3400. The minimum absolute atomic E-state index is 0.862. The molecule has 0 N–H and O–H groups in total. The van der Waals surface area contributed by atoms with Gasteiger partial charge in [-0.05, 0) is 92.5 Å². The second kappa shape index (κ2) is 14.2. The third-order valence-corrected chi connectivity index (χ3v) is 12.2. The summed E-state index contributed by atoms with van der Waals surface area (Å²) in [4.78, 5) is 0. The van der Waals surface area contributed by atoms with Gasteiger partial charge in [0.2, 0.25) is 0 Å². The molecule has 0 bridgehead atoms. The molecule has 0 saturated heterocycles. The van der Waals surface area contributed by atoms with Crippen molar-refractivity contribution in [1.82, 2.24) is 4.57 Å². The van der Waals surface area contributed by atoms with Crippen LogP contribution in [0.3, 0.4) is 0 Å². The number of hydrogen-bond donors (Lipinski definition) is 0.